The Morgan fingerprint density at radius 3 is 2.46 bits per heavy atom. The smallest absolute Gasteiger partial charge is 0.330 e. The molecule has 4 heteroatoms. The molecular weight excluding hydrogens is 353 g/mol. The minimum absolute atomic E-state index is 0. The molecule has 0 spiro atoms. The molecule has 1 rings (SSSR count). The van der Waals surface area contributed by atoms with Crippen LogP contribution in [0.15, 0.2) is 25.8 Å². The predicted molar refractivity (Wildman–Crippen MR) is 46.7 cm³/mol. The van der Waals surface area contributed by atoms with Crippen LogP contribution in [0.5, 0.6) is 0 Å². The summed E-state index contributed by atoms with van der Waals surface area (Å²) in [5.74, 6) is -0.386. The zero-order valence-electron chi connectivity index (χ0n) is 7.59. The van der Waals surface area contributed by atoms with E-state index in [0.717, 1.165) is 6.08 Å². The molecule has 0 aromatic heterocycles. The first-order chi connectivity index (χ1) is 5.74. The van der Waals surface area contributed by atoms with E-state index in [1.54, 1.807) is 6.92 Å². The molecule has 0 aromatic carbocycles. The fraction of sp³-hybridized carbons (Fsp3) is 0.444. The maximum absolute atomic E-state index is 10.6. The zero-order chi connectivity index (χ0) is 9.56. The van der Waals surface area contributed by atoms with Crippen LogP contribution in [0.4, 0.5) is 0 Å². The van der Waals surface area contributed by atoms with Gasteiger partial charge in [-0.1, -0.05) is 6.58 Å². The Bertz CT molecular complexity index is 166. The van der Waals surface area contributed by atoms with Crippen LogP contribution in [0.2, 0.25) is 0 Å². The number of epoxide rings is 1. The van der Waals surface area contributed by atoms with E-state index in [2.05, 4.69) is 19.7 Å². The van der Waals surface area contributed by atoms with Gasteiger partial charge in [0.25, 0.3) is 0 Å². The summed E-state index contributed by atoms with van der Waals surface area (Å²) in [6.45, 7) is 11.8. The van der Waals surface area contributed by atoms with Crippen molar-refractivity contribution in [3.63, 3.8) is 0 Å². The Balaban J connectivity index is 0. The van der Waals surface area contributed by atoms with Gasteiger partial charge in [-0.15, -0.1) is 13.2 Å². The molecule has 0 N–H and O–H groups in total. The first-order valence-corrected chi connectivity index (χ1v) is 3.68. The molecule has 1 heterocycles. The molecule has 1 saturated heterocycles. The Labute approximate surface area is 94.3 Å². The molecule has 0 saturated carbocycles. The fourth-order valence-electron chi connectivity index (χ4n) is 0.634. The van der Waals surface area contributed by atoms with E-state index in [-0.39, 0.29) is 40.6 Å². The maximum atomic E-state index is 10.6. The van der Waals surface area contributed by atoms with Gasteiger partial charge in [-0.25, -0.2) is 4.79 Å². The standard InChI is InChI=1S/C7H10O3.C2H4.Au/c1-3-7(8)10-5(2)6-4-9-6;1-2;/h3,5-6H,1,4H2,2H3;1-2H2;. The van der Waals surface area contributed by atoms with Gasteiger partial charge in [0.05, 0.1) is 6.61 Å². The SMILES string of the molecule is C=C.C=CC(=O)OC(C)C1CO1.[Au]. The number of hydrogen-bond donors (Lipinski definition) is 0. The Morgan fingerprint density at radius 1 is 1.69 bits per heavy atom. The van der Waals surface area contributed by atoms with E-state index in [1.807, 2.05) is 0 Å². The van der Waals surface area contributed by atoms with Crippen LogP contribution in [0.3, 0.4) is 0 Å². The minimum atomic E-state index is -0.386. The summed E-state index contributed by atoms with van der Waals surface area (Å²) in [6, 6.07) is 0. The molecule has 2 atom stereocenters. The summed E-state index contributed by atoms with van der Waals surface area (Å²) < 4.78 is 9.75. The van der Waals surface area contributed by atoms with Crippen molar-refractivity contribution in [2.45, 2.75) is 19.1 Å². The number of esters is 1. The number of carbonyl (C=O) groups excluding carboxylic acids is 1. The van der Waals surface area contributed by atoms with E-state index in [4.69, 9.17) is 9.47 Å². The third kappa shape index (κ3) is 6.78. The molecule has 3 nitrogen and oxygen atoms in total. The van der Waals surface area contributed by atoms with Gasteiger partial charge < -0.3 is 9.47 Å². The van der Waals surface area contributed by atoms with Crippen molar-refractivity contribution in [3.05, 3.63) is 25.8 Å². The molecule has 13 heavy (non-hydrogen) atoms. The molecule has 0 bridgehead atoms. The van der Waals surface area contributed by atoms with Crippen molar-refractivity contribution >= 4 is 5.97 Å². The number of carbonyl (C=O) groups is 1. The summed E-state index contributed by atoms with van der Waals surface area (Å²) >= 11 is 0. The van der Waals surface area contributed by atoms with Gasteiger partial charge in [0.15, 0.2) is 0 Å². The van der Waals surface area contributed by atoms with E-state index < -0.39 is 0 Å². The summed E-state index contributed by atoms with van der Waals surface area (Å²) in [5.41, 5.74) is 0. The van der Waals surface area contributed by atoms with Crippen LogP contribution >= 0.6 is 0 Å². The average Bonchev–Trinajstić information content (AvgIpc) is 2.90. The van der Waals surface area contributed by atoms with Crippen LogP contribution in [0, 0.1) is 0 Å². The van der Waals surface area contributed by atoms with Crippen LogP contribution < -0.4 is 0 Å². The van der Waals surface area contributed by atoms with E-state index >= 15 is 0 Å². The summed E-state index contributed by atoms with van der Waals surface area (Å²) in [6.07, 6.45) is 1.13. The van der Waals surface area contributed by atoms with Crippen molar-refractivity contribution in [1.82, 2.24) is 0 Å². The first kappa shape index (κ1) is 15.1. The summed E-state index contributed by atoms with van der Waals surface area (Å²) in [7, 11) is 0. The van der Waals surface area contributed by atoms with Gasteiger partial charge in [0.2, 0.25) is 0 Å². The van der Waals surface area contributed by atoms with Crippen LogP contribution in [-0.4, -0.2) is 24.8 Å². The predicted octanol–water partition coefficient (Wildman–Crippen LogP) is 1.30. The monoisotopic (exact) mass is 367 g/mol. The third-order valence-corrected chi connectivity index (χ3v) is 1.35. The van der Waals surface area contributed by atoms with Gasteiger partial charge in [-0.3, -0.25) is 0 Å². The molecular formula is C9H14AuO3. The Morgan fingerprint density at radius 2 is 2.15 bits per heavy atom. The molecule has 1 aliphatic heterocycles. The van der Waals surface area contributed by atoms with Gasteiger partial charge in [0, 0.05) is 28.5 Å². The second-order valence-corrected chi connectivity index (χ2v) is 2.22. The van der Waals surface area contributed by atoms with Crippen molar-refractivity contribution in [1.29, 1.82) is 0 Å². The first-order valence-electron chi connectivity index (χ1n) is 3.68. The molecule has 0 amide bonds. The van der Waals surface area contributed by atoms with Crippen LogP contribution in [0.25, 0.3) is 0 Å². The number of rotatable bonds is 3. The molecule has 79 valence electrons. The molecule has 1 aliphatic rings. The topological polar surface area (TPSA) is 38.8 Å². The van der Waals surface area contributed by atoms with Crippen molar-refractivity contribution in [2.75, 3.05) is 6.61 Å². The normalized spacial score (nSPS) is 19.6. The number of hydrogen-bond acceptors (Lipinski definition) is 3. The van der Waals surface area contributed by atoms with Crippen molar-refractivity contribution < 1.29 is 36.6 Å². The van der Waals surface area contributed by atoms with E-state index in [1.165, 1.54) is 0 Å². The molecule has 1 fully saturated rings. The van der Waals surface area contributed by atoms with Crippen molar-refractivity contribution in [2.24, 2.45) is 0 Å². The Kier molecular flexibility index (Phi) is 9.62. The largest absolute Gasteiger partial charge is 0.457 e. The second kappa shape index (κ2) is 8.26. The van der Waals surface area contributed by atoms with E-state index in [9.17, 15) is 4.79 Å². The van der Waals surface area contributed by atoms with Crippen molar-refractivity contribution in [3.8, 4) is 0 Å². The van der Waals surface area contributed by atoms with Gasteiger partial charge >= 0.3 is 5.97 Å². The minimum Gasteiger partial charge on any atom is -0.457 e. The molecule has 1 radical (unpaired) electrons. The fourth-order valence-corrected chi connectivity index (χ4v) is 0.634. The zero-order valence-corrected chi connectivity index (χ0v) is 9.75. The maximum Gasteiger partial charge on any atom is 0.330 e. The van der Waals surface area contributed by atoms with Crippen LogP contribution in [-0.2, 0) is 36.6 Å². The van der Waals surface area contributed by atoms with Crippen LogP contribution in [0.1, 0.15) is 6.92 Å². The third-order valence-electron chi connectivity index (χ3n) is 1.35. The van der Waals surface area contributed by atoms with Gasteiger partial charge in [0.1, 0.15) is 12.2 Å². The summed E-state index contributed by atoms with van der Waals surface area (Å²) in [5, 5.41) is 0. The number of ether oxygens (including phenoxy) is 2. The second-order valence-electron chi connectivity index (χ2n) is 2.22. The van der Waals surface area contributed by atoms with Gasteiger partial charge in [-0.05, 0) is 6.92 Å². The average molecular weight is 367 g/mol. The van der Waals surface area contributed by atoms with E-state index in [0.29, 0.717) is 6.61 Å². The Hall–Kier alpha value is -0.350. The quantitative estimate of drug-likeness (QED) is 0.248. The molecule has 0 aromatic rings. The molecule has 2 unspecified atom stereocenters. The molecule has 0 aliphatic carbocycles. The summed E-state index contributed by atoms with van der Waals surface area (Å²) in [4.78, 5) is 10.6. The van der Waals surface area contributed by atoms with Gasteiger partial charge in [-0.2, -0.15) is 0 Å².